The maximum atomic E-state index is 3.75. The van der Waals surface area contributed by atoms with Gasteiger partial charge in [-0.1, -0.05) is 0 Å². The molecule has 1 N–H and O–H groups in total. The Morgan fingerprint density at radius 3 is 1.82 bits per heavy atom. The van der Waals surface area contributed by atoms with Gasteiger partial charge in [-0.25, -0.2) is 0 Å². The molecule has 2 fully saturated rings. The van der Waals surface area contributed by atoms with Crippen LogP contribution in [0.4, 0.5) is 0 Å². The van der Waals surface area contributed by atoms with Crippen molar-refractivity contribution in [2.24, 2.45) is 0 Å². The fourth-order valence-electron chi connectivity index (χ4n) is 3.43. The molecule has 99 valence electrons. The normalized spacial score (nSPS) is 31.6. The molecule has 3 heteroatoms. The van der Waals surface area contributed by atoms with Gasteiger partial charge in [0.15, 0.2) is 0 Å². The number of rotatable bonds is 1. The van der Waals surface area contributed by atoms with Gasteiger partial charge in [0, 0.05) is 43.3 Å². The summed E-state index contributed by atoms with van der Waals surface area (Å²) in [5.41, 5.74) is 0.473. The van der Waals surface area contributed by atoms with Crippen molar-refractivity contribution in [2.75, 3.05) is 33.2 Å². The van der Waals surface area contributed by atoms with Crippen molar-refractivity contribution < 1.29 is 0 Å². The molecule has 0 aromatic rings. The fraction of sp³-hybridized carbons (Fsp3) is 0.929. The van der Waals surface area contributed by atoms with Gasteiger partial charge in [-0.2, -0.15) is 0 Å². The van der Waals surface area contributed by atoms with E-state index in [4.69, 9.17) is 0 Å². The van der Waals surface area contributed by atoms with E-state index in [0.29, 0.717) is 0 Å². The van der Waals surface area contributed by atoms with Crippen molar-refractivity contribution in [2.45, 2.75) is 51.6 Å². The molecule has 17 heavy (non-hydrogen) atoms. The van der Waals surface area contributed by atoms with Gasteiger partial charge in [0.05, 0.1) is 0 Å². The van der Waals surface area contributed by atoms with Gasteiger partial charge < -0.3 is 10.2 Å². The Labute approximate surface area is 107 Å². The van der Waals surface area contributed by atoms with Gasteiger partial charge in [-0.15, -0.1) is 0 Å². The van der Waals surface area contributed by atoms with Gasteiger partial charge >= 0.3 is 0 Å². The predicted octanol–water partition coefficient (Wildman–Crippen LogP) is 1.71. The van der Waals surface area contributed by atoms with Gasteiger partial charge in [0.1, 0.15) is 0 Å². The van der Waals surface area contributed by atoms with Crippen LogP contribution in [0.15, 0.2) is 0 Å². The van der Waals surface area contributed by atoms with Crippen LogP contribution in [0.2, 0.25) is 0 Å². The quantitative estimate of drug-likeness (QED) is 0.750. The van der Waals surface area contributed by atoms with Gasteiger partial charge in [-0.05, 0) is 47.6 Å². The van der Waals surface area contributed by atoms with E-state index in [9.17, 15) is 0 Å². The zero-order valence-electron chi connectivity index (χ0n) is 12.1. The van der Waals surface area contributed by atoms with Crippen LogP contribution < -0.4 is 5.32 Å². The number of piperidine rings is 1. The summed E-state index contributed by atoms with van der Waals surface area (Å²) in [5, 5.41) is 3.75. The topological polar surface area (TPSA) is 18.5 Å². The first-order chi connectivity index (χ1) is 7.77. The van der Waals surface area contributed by atoms with E-state index in [1.165, 1.54) is 39.0 Å². The van der Waals surface area contributed by atoms with Crippen LogP contribution in [0.3, 0.4) is 0 Å². The number of nitrogens with zero attached hydrogens (tertiary/aromatic N) is 2. The largest absolute Gasteiger partial charge is 0.307 e. The molecule has 0 unspecified atom stereocenters. The molecule has 2 saturated heterocycles. The molecule has 2 heterocycles. The summed E-state index contributed by atoms with van der Waals surface area (Å²) in [7, 11) is 2.22. The first-order valence-electron chi connectivity index (χ1n) is 6.85. The average molecular weight is 238 g/mol. The summed E-state index contributed by atoms with van der Waals surface area (Å²) in [4.78, 5) is 5.05. The van der Waals surface area contributed by atoms with Crippen LogP contribution in [0.25, 0.3) is 0 Å². The zero-order valence-corrected chi connectivity index (χ0v) is 12.1. The Kier molecular flexibility index (Phi) is 3.54. The molecule has 0 spiro atoms. The van der Waals surface area contributed by atoms with Gasteiger partial charge in [0.2, 0.25) is 0 Å². The minimum Gasteiger partial charge on any atom is -0.307 e. The molecular weight excluding hydrogens is 210 g/mol. The SMILES string of the molecule is CN1CCN([C]2CC(C)(C)NC(C)(C)C2)CC1. The Balaban J connectivity index is 2.00. The highest BCUT2D eigenvalue weighted by atomic mass is 15.3. The van der Waals surface area contributed by atoms with Gasteiger partial charge in [0.25, 0.3) is 0 Å². The molecule has 2 aliphatic heterocycles. The van der Waals surface area contributed by atoms with Crippen LogP contribution in [0.5, 0.6) is 0 Å². The molecule has 0 bridgehead atoms. The molecule has 3 nitrogen and oxygen atoms in total. The third-order valence-electron chi connectivity index (χ3n) is 3.92. The number of nitrogens with one attached hydrogen (secondary N) is 1. The lowest BCUT2D eigenvalue weighted by molar-refractivity contribution is 0.0935. The molecule has 0 aliphatic carbocycles. The minimum absolute atomic E-state index is 0.237. The third-order valence-corrected chi connectivity index (χ3v) is 3.92. The standard InChI is InChI=1S/C14H28N3/c1-13(2)10-12(11-14(3,4)15-13)17-8-6-16(5)7-9-17/h15H,6-11H2,1-5H3. The lowest BCUT2D eigenvalue weighted by Crippen LogP contribution is -2.60. The molecule has 0 aromatic heterocycles. The van der Waals surface area contributed by atoms with E-state index in [2.05, 4.69) is 49.9 Å². The first-order valence-corrected chi connectivity index (χ1v) is 6.85. The van der Waals surface area contributed by atoms with Gasteiger partial charge in [-0.3, -0.25) is 4.90 Å². The van der Waals surface area contributed by atoms with Crippen molar-refractivity contribution in [3.63, 3.8) is 0 Å². The van der Waals surface area contributed by atoms with Crippen LogP contribution in [-0.4, -0.2) is 54.1 Å². The number of piperazine rings is 1. The van der Waals surface area contributed by atoms with Crippen LogP contribution >= 0.6 is 0 Å². The minimum atomic E-state index is 0.237. The summed E-state index contributed by atoms with van der Waals surface area (Å²) in [6.07, 6.45) is 2.39. The molecule has 2 aliphatic rings. The summed E-state index contributed by atoms with van der Waals surface area (Å²) >= 11 is 0. The van der Waals surface area contributed by atoms with Crippen LogP contribution in [-0.2, 0) is 0 Å². The summed E-state index contributed by atoms with van der Waals surface area (Å²) in [6.45, 7) is 14.1. The Hall–Kier alpha value is -0.120. The molecular formula is C14H28N3. The van der Waals surface area contributed by atoms with E-state index >= 15 is 0 Å². The molecule has 0 amide bonds. The highest BCUT2D eigenvalue weighted by molar-refractivity contribution is 5.10. The second-order valence-corrected chi connectivity index (χ2v) is 7.10. The Bertz CT molecular complexity index is 249. The van der Waals surface area contributed by atoms with Crippen LogP contribution in [0, 0.1) is 6.04 Å². The molecule has 1 radical (unpaired) electrons. The lowest BCUT2D eigenvalue weighted by atomic mass is 9.79. The molecule has 0 atom stereocenters. The molecule has 2 rings (SSSR count). The van der Waals surface area contributed by atoms with E-state index in [-0.39, 0.29) is 11.1 Å². The Morgan fingerprint density at radius 2 is 1.35 bits per heavy atom. The van der Waals surface area contributed by atoms with Crippen molar-refractivity contribution in [1.82, 2.24) is 15.1 Å². The number of likely N-dealkylation sites (N-methyl/N-ethyl adjacent to an activating group) is 1. The lowest BCUT2D eigenvalue weighted by Gasteiger charge is -2.50. The predicted molar refractivity (Wildman–Crippen MR) is 72.8 cm³/mol. The maximum Gasteiger partial charge on any atom is 0.0430 e. The fourth-order valence-corrected chi connectivity index (χ4v) is 3.43. The van der Waals surface area contributed by atoms with E-state index in [1.807, 2.05) is 0 Å². The highest BCUT2D eigenvalue weighted by Crippen LogP contribution is 2.36. The average Bonchev–Trinajstić information content (AvgIpc) is 2.13. The van der Waals surface area contributed by atoms with E-state index in [1.54, 1.807) is 6.04 Å². The summed E-state index contributed by atoms with van der Waals surface area (Å²) in [6, 6.07) is 1.66. The molecule has 0 aromatic carbocycles. The second kappa shape index (κ2) is 4.52. The van der Waals surface area contributed by atoms with E-state index < -0.39 is 0 Å². The Morgan fingerprint density at radius 1 is 0.882 bits per heavy atom. The summed E-state index contributed by atoms with van der Waals surface area (Å²) < 4.78 is 0. The number of hydrogen-bond acceptors (Lipinski definition) is 3. The van der Waals surface area contributed by atoms with Crippen molar-refractivity contribution >= 4 is 0 Å². The first kappa shape index (κ1) is 13.3. The van der Waals surface area contributed by atoms with Crippen molar-refractivity contribution in [3.8, 4) is 0 Å². The molecule has 0 saturated carbocycles. The van der Waals surface area contributed by atoms with Crippen molar-refractivity contribution in [1.29, 1.82) is 0 Å². The maximum absolute atomic E-state index is 3.75. The second-order valence-electron chi connectivity index (χ2n) is 7.10. The summed E-state index contributed by atoms with van der Waals surface area (Å²) in [5.74, 6) is 0. The zero-order chi connectivity index (χ0) is 12.7. The highest BCUT2D eigenvalue weighted by Gasteiger charge is 2.40. The van der Waals surface area contributed by atoms with Crippen LogP contribution in [0.1, 0.15) is 40.5 Å². The smallest absolute Gasteiger partial charge is 0.0430 e. The monoisotopic (exact) mass is 238 g/mol. The van der Waals surface area contributed by atoms with E-state index in [0.717, 1.165) is 0 Å². The third kappa shape index (κ3) is 3.43. The van der Waals surface area contributed by atoms with Crippen molar-refractivity contribution in [3.05, 3.63) is 6.04 Å². The number of hydrogen-bond donors (Lipinski definition) is 1.